The molecule has 1 N–H and O–H groups in total. The summed E-state index contributed by atoms with van der Waals surface area (Å²) >= 11 is 0. The summed E-state index contributed by atoms with van der Waals surface area (Å²) in [7, 11) is 0. The van der Waals surface area contributed by atoms with E-state index in [0.29, 0.717) is 12.1 Å². The van der Waals surface area contributed by atoms with E-state index in [1.54, 1.807) is 6.20 Å². The average molecular weight is 402 g/mol. The summed E-state index contributed by atoms with van der Waals surface area (Å²) in [5, 5.41) is 4.09. The van der Waals surface area contributed by atoms with E-state index in [2.05, 4.69) is 85.6 Å². The average Bonchev–Trinajstić information content (AvgIpc) is 3.07. The lowest BCUT2D eigenvalue weighted by atomic mass is 9.91. The summed E-state index contributed by atoms with van der Waals surface area (Å²) in [5.41, 5.74) is 5.03. The standard InChI is InChI=1S/C26H31N3O/c1-6-9-19-11-13-23-21(16-19)17-22(29(23)7-2)10-8-15-27-25(30)20-12-14-24(28-18-20)26(3,4)5/h11-14,16-18H,6-7,9,15H2,1-5H3,(H,27,30). The van der Waals surface area contributed by atoms with Crippen LogP contribution in [0.15, 0.2) is 42.6 Å². The number of aromatic nitrogens is 2. The van der Waals surface area contributed by atoms with Gasteiger partial charge in [-0.2, -0.15) is 0 Å². The molecule has 30 heavy (non-hydrogen) atoms. The fourth-order valence-electron chi connectivity index (χ4n) is 3.54. The Hall–Kier alpha value is -3.06. The quantitative estimate of drug-likeness (QED) is 0.606. The first kappa shape index (κ1) is 21.6. The van der Waals surface area contributed by atoms with Crippen LogP contribution in [0.2, 0.25) is 0 Å². The van der Waals surface area contributed by atoms with Gasteiger partial charge in [-0.1, -0.05) is 46.1 Å². The first-order valence-corrected chi connectivity index (χ1v) is 10.7. The van der Waals surface area contributed by atoms with Crippen molar-refractivity contribution < 1.29 is 4.79 Å². The highest BCUT2D eigenvalue weighted by Gasteiger charge is 2.15. The number of benzene rings is 1. The van der Waals surface area contributed by atoms with Gasteiger partial charge >= 0.3 is 0 Å². The van der Waals surface area contributed by atoms with Crippen molar-refractivity contribution in [3.05, 3.63) is 65.1 Å². The molecule has 156 valence electrons. The van der Waals surface area contributed by atoms with E-state index < -0.39 is 0 Å². The van der Waals surface area contributed by atoms with E-state index in [1.807, 2.05) is 12.1 Å². The molecule has 1 aromatic carbocycles. The van der Waals surface area contributed by atoms with Gasteiger partial charge in [-0.3, -0.25) is 9.78 Å². The topological polar surface area (TPSA) is 46.9 Å². The zero-order chi connectivity index (χ0) is 21.7. The summed E-state index contributed by atoms with van der Waals surface area (Å²) < 4.78 is 2.22. The number of pyridine rings is 1. The van der Waals surface area contributed by atoms with Gasteiger partial charge in [0.05, 0.1) is 17.8 Å². The van der Waals surface area contributed by atoms with Gasteiger partial charge in [-0.15, -0.1) is 0 Å². The third-order valence-electron chi connectivity index (χ3n) is 5.17. The van der Waals surface area contributed by atoms with Crippen molar-refractivity contribution in [3.63, 3.8) is 0 Å². The summed E-state index contributed by atoms with van der Waals surface area (Å²) in [6.07, 6.45) is 3.86. The Bertz CT molecular complexity index is 1090. The van der Waals surface area contributed by atoms with Crippen LogP contribution in [0.5, 0.6) is 0 Å². The van der Waals surface area contributed by atoms with Crippen LogP contribution in [0.1, 0.15) is 68.3 Å². The molecule has 1 amide bonds. The molecule has 2 heterocycles. The Kier molecular flexibility index (Phi) is 6.62. The molecule has 3 rings (SSSR count). The first-order chi connectivity index (χ1) is 14.3. The van der Waals surface area contributed by atoms with Crippen LogP contribution in [0, 0.1) is 11.8 Å². The fraction of sp³-hybridized carbons (Fsp3) is 0.385. The lowest BCUT2D eigenvalue weighted by Gasteiger charge is -2.17. The summed E-state index contributed by atoms with van der Waals surface area (Å²) in [5.74, 6) is 6.16. The first-order valence-electron chi connectivity index (χ1n) is 10.7. The predicted octanol–water partition coefficient (Wildman–Crippen LogP) is 5.09. The van der Waals surface area contributed by atoms with Crippen molar-refractivity contribution in [3.8, 4) is 11.8 Å². The van der Waals surface area contributed by atoms with Gasteiger partial charge in [0.2, 0.25) is 0 Å². The number of rotatable bonds is 5. The minimum atomic E-state index is -0.155. The Morgan fingerprint density at radius 1 is 1.13 bits per heavy atom. The lowest BCUT2D eigenvalue weighted by Crippen LogP contribution is -2.24. The zero-order valence-electron chi connectivity index (χ0n) is 18.7. The highest BCUT2D eigenvalue weighted by molar-refractivity contribution is 5.94. The van der Waals surface area contributed by atoms with Gasteiger partial charge in [0.25, 0.3) is 5.91 Å². The largest absolute Gasteiger partial charge is 0.341 e. The maximum Gasteiger partial charge on any atom is 0.253 e. The number of nitrogens with zero attached hydrogens (tertiary/aromatic N) is 2. The van der Waals surface area contributed by atoms with Gasteiger partial charge in [0, 0.05) is 34.8 Å². The Morgan fingerprint density at radius 2 is 1.93 bits per heavy atom. The number of nitrogens with one attached hydrogen (secondary N) is 1. The van der Waals surface area contributed by atoms with Crippen LogP contribution in [0.25, 0.3) is 10.9 Å². The van der Waals surface area contributed by atoms with Crippen LogP contribution in [0.3, 0.4) is 0 Å². The molecular weight excluding hydrogens is 370 g/mol. The second-order valence-electron chi connectivity index (χ2n) is 8.58. The summed E-state index contributed by atoms with van der Waals surface area (Å²) in [6.45, 7) is 11.8. The van der Waals surface area contributed by atoms with E-state index >= 15 is 0 Å². The number of amides is 1. The maximum atomic E-state index is 12.4. The van der Waals surface area contributed by atoms with E-state index in [0.717, 1.165) is 30.8 Å². The van der Waals surface area contributed by atoms with E-state index in [4.69, 9.17) is 0 Å². The van der Waals surface area contributed by atoms with Crippen LogP contribution < -0.4 is 5.32 Å². The smallest absolute Gasteiger partial charge is 0.253 e. The van der Waals surface area contributed by atoms with Crippen molar-refractivity contribution in [2.75, 3.05) is 6.54 Å². The lowest BCUT2D eigenvalue weighted by molar-refractivity contribution is 0.0958. The molecule has 0 bridgehead atoms. The van der Waals surface area contributed by atoms with Crippen LogP contribution in [0.4, 0.5) is 0 Å². The van der Waals surface area contributed by atoms with Gasteiger partial charge in [0.15, 0.2) is 0 Å². The Labute approximate surface area is 179 Å². The molecule has 0 aliphatic rings. The number of fused-ring (bicyclic) bond motifs is 1. The molecule has 0 aliphatic heterocycles. The second kappa shape index (κ2) is 9.17. The molecule has 0 atom stereocenters. The summed E-state index contributed by atoms with van der Waals surface area (Å²) in [4.78, 5) is 16.8. The van der Waals surface area contributed by atoms with Gasteiger partial charge < -0.3 is 9.88 Å². The van der Waals surface area contributed by atoms with E-state index in [1.165, 1.54) is 16.5 Å². The molecule has 0 spiro atoms. The summed E-state index contributed by atoms with van der Waals surface area (Å²) in [6, 6.07) is 12.5. The van der Waals surface area contributed by atoms with E-state index in [-0.39, 0.29) is 11.3 Å². The SMILES string of the molecule is CCCc1ccc2c(c1)cc(C#CCNC(=O)c1ccc(C(C)(C)C)nc1)n2CC. The molecule has 4 nitrogen and oxygen atoms in total. The normalized spacial score (nSPS) is 11.2. The van der Waals surface area contributed by atoms with E-state index in [9.17, 15) is 4.79 Å². The molecule has 3 aromatic rings. The third-order valence-corrected chi connectivity index (χ3v) is 5.17. The molecule has 0 saturated carbocycles. The van der Waals surface area contributed by atoms with Crippen LogP contribution in [-0.4, -0.2) is 22.0 Å². The van der Waals surface area contributed by atoms with Crippen molar-refractivity contribution in [1.29, 1.82) is 0 Å². The molecular formula is C26H31N3O. The Balaban J connectivity index is 1.69. The van der Waals surface area contributed by atoms with Crippen molar-refractivity contribution >= 4 is 16.8 Å². The fourth-order valence-corrected chi connectivity index (χ4v) is 3.54. The number of hydrogen-bond acceptors (Lipinski definition) is 2. The van der Waals surface area contributed by atoms with Crippen molar-refractivity contribution in [2.45, 2.75) is 59.4 Å². The van der Waals surface area contributed by atoms with Gasteiger partial charge in [0.1, 0.15) is 0 Å². The highest BCUT2D eigenvalue weighted by atomic mass is 16.1. The monoisotopic (exact) mass is 401 g/mol. The molecule has 2 aromatic heterocycles. The number of aryl methyl sites for hydroxylation is 2. The molecule has 0 radical (unpaired) electrons. The minimum Gasteiger partial charge on any atom is -0.341 e. The van der Waals surface area contributed by atoms with Gasteiger partial charge in [-0.25, -0.2) is 0 Å². The third kappa shape index (κ3) is 4.91. The van der Waals surface area contributed by atoms with Crippen molar-refractivity contribution in [2.24, 2.45) is 0 Å². The Morgan fingerprint density at radius 3 is 2.57 bits per heavy atom. The highest BCUT2D eigenvalue weighted by Crippen LogP contribution is 2.22. The number of hydrogen-bond donors (Lipinski definition) is 1. The zero-order valence-corrected chi connectivity index (χ0v) is 18.7. The second-order valence-corrected chi connectivity index (χ2v) is 8.58. The molecule has 0 aliphatic carbocycles. The predicted molar refractivity (Wildman–Crippen MR) is 124 cm³/mol. The molecule has 4 heteroatoms. The number of carbonyl (C=O) groups excluding carboxylic acids is 1. The van der Waals surface area contributed by atoms with Crippen molar-refractivity contribution in [1.82, 2.24) is 14.9 Å². The van der Waals surface area contributed by atoms with Crippen LogP contribution >= 0.6 is 0 Å². The number of carbonyl (C=O) groups is 1. The molecule has 0 fully saturated rings. The molecule has 0 unspecified atom stereocenters. The molecule has 0 saturated heterocycles. The minimum absolute atomic E-state index is 0.0322. The van der Waals surface area contributed by atoms with Gasteiger partial charge in [-0.05, 0) is 55.2 Å². The maximum absolute atomic E-state index is 12.4. The van der Waals surface area contributed by atoms with Crippen LogP contribution in [-0.2, 0) is 18.4 Å².